The number of carbonyl (C=O) groups is 1. The van der Waals surface area contributed by atoms with E-state index in [0.29, 0.717) is 18.9 Å². The molecule has 0 fully saturated rings. The van der Waals surface area contributed by atoms with E-state index in [-0.39, 0.29) is 5.91 Å². The summed E-state index contributed by atoms with van der Waals surface area (Å²) in [5.41, 5.74) is 4.57. The molecule has 3 rings (SSSR count). The molecule has 114 valence electrons. The average Bonchev–Trinajstić information content (AvgIpc) is 2.89. The van der Waals surface area contributed by atoms with Gasteiger partial charge in [0.2, 0.25) is 5.91 Å². The summed E-state index contributed by atoms with van der Waals surface area (Å²) >= 11 is 0. The van der Waals surface area contributed by atoms with Crippen LogP contribution < -0.4 is 10.1 Å². The lowest BCUT2D eigenvalue weighted by Gasteiger charge is -2.10. The first-order chi connectivity index (χ1) is 10.6. The van der Waals surface area contributed by atoms with Crippen LogP contribution in [0.1, 0.15) is 36.5 Å². The van der Waals surface area contributed by atoms with Gasteiger partial charge in [-0.15, -0.1) is 0 Å². The Balaban J connectivity index is 1.60. The summed E-state index contributed by atoms with van der Waals surface area (Å²) in [6, 6.07) is 14.3. The average molecular weight is 295 g/mol. The predicted molar refractivity (Wildman–Crippen MR) is 88.5 cm³/mol. The second kappa shape index (κ2) is 6.22. The summed E-state index contributed by atoms with van der Waals surface area (Å²) in [5.74, 6) is 1.50. The van der Waals surface area contributed by atoms with Crippen molar-refractivity contribution in [2.24, 2.45) is 0 Å². The molecule has 0 aromatic heterocycles. The lowest BCUT2D eigenvalue weighted by Crippen LogP contribution is -2.05. The number of rotatable bonds is 5. The molecule has 0 spiro atoms. The second-order valence-corrected chi connectivity index (χ2v) is 5.99. The SMILES string of the molecule is CC(C)c1ccc(OCCc2cccc3c2CC(=O)N3)cc1. The van der Waals surface area contributed by atoms with E-state index in [0.717, 1.165) is 23.4 Å². The number of carbonyl (C=O) groups excluding carboxylic acids is 1. The molecular formula is C19H21NO2. The number of anilines is 1. The molecule has 1 aliphatic rings. The summed E-state index contributed by atoms with van der Waals surface area (Å²) in [7, 11) is 0. The Labute approximate surface area is 131 Å². The number of hydrogen-bond acceptors (Lipinski definition) is 2. The van der Waals surface area contributed by atoms with Crippen molar-refractivity contribution in [1.82, 2.24) is 0 Å². The van der Waals surface area contributed by atoms with E-state index in [2.05, 4.69) is 37.4 Å². The molecule has 1 N–H and O–H groups in total. The van der Waals surface area contributed by atoms with E-state index < -0.39 is 0 Å². The van der Waals surface area contributed by atoms with Crippen molar-refractivity contribution in [3.8, 4) is 5.75 Å². The molecule has 3 nitrogen and oxygen atoms in total. The van der Waals surface area contributed by atoms with Gasteiger partial charge in [0.05, 0.1) is 13.0 Å². The van der Waals surface area contributed by atoms with Crippen LogP contribution in [0.2, 0.25) is 0 Å². The zero-order valence-electron chi connectivity index (χ0n) is 13.1. The van der Waals surface area contributed by atoms with Gasteiger partial charge in [0, 0.05) is 12.1 Å². The summed E-state index contributed by atoms with van der Waals surface area (Å²) < 4.78 is 5.83. The van der Waals surface area contributed by atoms with Crippen LogP contribution in [0, 0.1) is 0 Å². The molecule has 1 heterocycles. The van der Waals surface area contributed by atoms with Crippen LogP contribution in [-0.2, 0) is 17.6 Å². The summed E-state index contributed by atoms with van der Waals surface area (Å²) in [4.78, 5) is 11.5. The first kappa shape index (κ1) is 14.6. The van der Waals surface area contributed by atoms with Crippen molar-refractivity contribution in [2.75, 3.05) is 11.9 Å². The number of fused-ring (bicyclic) bond motifs is 1. The fourth-order valence-electron chi connectivity index (χ4n) is 2.78. The van der Waals surface area contributed by atoms with Gasteiger partial charge in [-0.25, -0.2) is 0 Å². The van der Waals surface area contributed by atoms with Gasteiger partial charge in [0.1, 0.15) is 5.75 Å². The first-order valence-corrected chi connectivity index (χ1v) is 7.77. The Hall–Kier alpha value is -2.29. The zero-order chi connectivity index (χ0) is 15.5. The molecule has 0 atom stereocenters. The largest absolute Gasteiger partial charge is 0.493 e. The Kier molecular flexibility index (Phi) is 4.14. The molecule has 3 heteroatoms. The highest BCUT2D eigenvalue weighted by Gasteiger charge is 2.19. The van der Waals surface area contributed by atoms with Crippen LogP contribution in [0.5, 0.6) is 5.75 Å². The lowest BCUT2D eigenvalue weighted by atomic mass is 10.0. The summed E-state index contributed by atoms with van der Waals surface area (Å²) in [6.07, 6.45) is 1.29. The number of nitrogens with one attached hydrogen (secondary N) is 1. The minimum atomic E-state index is 0.0765. The Morgan fingerprint density at radius 2 is 1.91 bits per heavy atom. The maximum Gasteiger partial charge on any atom is 0.228 e. The van der Waals surface area contributed by atoms with Crippen molar-refractivity contribution in [3.05, 3.63) is 59.2 Å². The van der Waals surface area contributed by atoms with E-state index >= 15 is 0 Å². The Morgan fingerprint density at radius 1 is 1.14 bits per heavy atom. The van der Waals surface area contributed by atoms with Crippen LogP contribution in [0.4, 0.5) is 5.69 Å². The molecule has 0 saturated heterocycles. The first-order valence-electron chi connectivity index (χ1n) is 7.77. The number of ether oxygens (including phenoxy) is 1. The van der Waals surface area contributed by atoms with Crippen LogP contribution in [0.15, 0.2) is 42.5 Å². The van der Waals surface area contributed by atoms with Gasteiger partial charge in [-0.05, 0) is 40.8 Å². The second-order valence-electron chi connectivity index (χ2n) is 5.99. The fourth-order valence-corrected chi connectivity index (χ4v) is 2.78. The highest BCUT2D eigenvalue weighted by Crippen LogP contribution is 2.26. The van der Waals surface area contributed by atoms with Gasteiger partial charge in [-0.1, -0.05) is 38.1 Å². The molecule has 0 bridgehead atoms. The van der Waals surface area contributed by atoms with Gasteiger partial charge in [-0.3, -0.25) is 4.79 Å². The highest BCUT2D eigenvalue weighted by atomic mass is 16.5. The molecule has 0 radical (unpaired) electrons. The van der Waals surface area contributed by atoms with Gasteiger partial charge in [-0.2, -0.15) is 0 Å². The molecule has 0 unspecified atom stereocenters. The quantitative estimate of drug-likeness (QED) is 0.907. The van der Waals surface area contributed by atoms with E-state index in [1.165, 1.54) is 11.1 Å². The third-order valence-corrected chi connectivity index (χ3v) is 4.07. The summed E-state index contributed by atoms with van der Waals surface area (Å²) in [5, 5.41) is 2.88. The van der Waals surface area contributed by atoms with Gasteiger partial charge in [0.25, 0.3) is 0 Å². The molecule has 22 heavy (non-hydrogen) atoms. The standard InChI is InChI=1S/C19H21NO2/c1-13(2)14-6-8-16(9-7-14)22-11-10-15-4-3-5-18-17(15)12-19(21)20-18/h3-9,13H,10-12H2,1-2H3,(H,20,21). The third-order valence-electron chi connectivity index (χ3n) is 4.07. The lowest BCUT2D eigenvalue weighted by molar-refractivity contribution is -0.115. The third kappa shape index (κ3) is 3.14. The van der Waals surface area contributed by atoms with Crippen molar-refractivity contribution in [3.63, 3.8) is 0 Å². The minimum Gasteiger partial charge on any atom is -0.493 e. The van der Waals surface area contributed by atoms with Gasteiger partial charge >= 0.3 is 0 Å². The van der Waals surface area contributed by atoms with Crippen molar-refractivity contribution >= 4 is 11.6 Å². The molecule has 1 aliphatic heterocycles. The molecular weight excluding hydrogens is 274 g/mol. The molecule has 0 saturated carbocycles. The highest BCUT2D eigenvalue weighted by molar-refractivity contribution is 5.99. The van der Waals surface area contributed by atoms with E-state index in [1.807, 2.05) is 24.3 Å². The Bertz CT molecular complexity index is 674. The topological polar surface area (TPSA) is 38.3 Å². The molecule has 1 amide bonds. The normalized spacial score (nSPS) is 13.1. The molecule has 0 aliphatic carbocycles. The van der Waals surface area contributed by atoms with Gasteiger partial charge < -0.3 is 10.1 Å². The maximum absolute atomic E-state index is 11.5. The number of benzene rings is 2. The van der Waals surface area contributed by atoms with E-state index in [4.69, 9.17) is 4.74 Å². The van der Waals surface area contributed by atoms with E-state index in [9.17, 15) is 4.79 Å². The van der Waals surface area contributed by atoms with Gasteiger partial charge in [0.15, 0.2) is 0 Å². The minimum absolute atomic E-state index is 0.0765. The zero-order valence-corrected chi connectivity index (χ0v) is 13.1. The fraction of sp³-hybridized carbons (Fsp3) is 0.316. The van der Waals surface area contributed by atoms with Crippen LogP contribution in [0.3, 0.4) is 0 Å². The predicted octanol–water partition coefficient (Wildman–Crippen LogP) is 3.93. The van der Waals surface area contributed by atoms with Crippen LogP contribution >= 0.6 is 0 Å². The van der Waals surface area contributed by atoms with Crippen molar-refractivity contribution in [1.29, 1.82) is 0 Å². The number of amides is 1. The molecule has 2 aromatic rings. The van der Waals surface area contributed by atoms with Crippen molar-refractivity contribution < 1.29 is 9.53 Å². The Morgan fingerprint density at radius 3 is 2.64 bits per heavy atom. The van der Waals surface area contributed by atoms with Crippen LogP contribution in [0.25, 0.3) is 0 Å². The summed E-state index contributed by atoms with van der Waals surface area (Å²) in [6.45, 7) is 4.98. The van der Waals surface area contributed by atoms with Crippen molar-refractivity contribution in [2.45, 2.75) is 32.6 Å². The monoisotopic (exact) mass is 295 g/mol. The van der Waals surface area contributed by atoms with E-state index in [1.54, 1.807) is 0 Å². The smallest absolute Gasteiger partial charge is 0.228 e. The maximum atomic E-state index is 11.5. The molecule has 2 aromatic carbocycles. The number of hydrogen-bond donors (Lipinski definition) is 1. The van der Waals surface area contributed by atoms with Crippen LogP contribution in [-0.4, -0.2) is 12.5 Å².